The maximum Gasteiger partial charge on any atom is 0.266 e. The van der Waals surface area contributed by atoms with E-state index in [9.17, 15) is 14.0 Å². The number of allylic oxidation sites excluding steroid dienone is 2. The number of benzene rings is 2. The van der Waals surface area contributed by atoms with Crippen molar-refractivity contribution >= 4 is 51.9 Å². The van der Waals surface area contributed by atoms with Crippen LogP contribution < -0.4 is 5.32 Å². The molecule has 7 heteroatoms. The minimum Gasteiger partial charge on any atom is -0.326 e. The van der Waals surface area contributed by atoms with Gasteiger partial charge in [-0.25, -0.2) is 4.39 Å². The summed E-state index contributed by atoms with van der Waals surface area (Å²) in [4.78, 5) is 26.5. The molecule has 0 spiro atoms. The molecule has 0 aliphatic carbocycles. The van der Waals surface area contributed by atoms with E-state index in [1.165, 1.54) is 34.9 Å². The number of thiocarbonyl (C=S) groups is 1. The summed E-state index contributed by atoms with van der Waals surface area (Å²) in [5, 5.41) is 2.61. The van der Waals surface area contributed by atoms with Crippen molar-refractivity contribution in [1.29, 1.82) is 0 Å². The molecule has 0 saturated carbocycles. The molecule has 1 saturated heterocycles. The highest BCUT2D eigenvalue weighted by atomic mass is 32.2. The molecule has 1 aliphatic rings. The first-order chi connectivity index (χ1) is 13.5. The number of anilines is 1. The fraction of sp³-hybridized carbons (Fsp3) is 0.0952. The first kappa shape index (κ1) is 20.0. The SMILES string of the molecule is O=C(CCN1C(=O)C(=CC=Cc2ccccc2)SC1=S)Nc1cccc(F)c1. The molecule has 0 atom stereocenters. The van der Waals surface area contributed by atoms with Crippen molar-refractivity contribution in [3.8, 4) is 0 Å². The topological polar surface area (TPSA) is 49.4 Å². The highest BCUT2D eigenvalue weighted by Crippen LogP contribution is 2.31. The fourth-order valence-electron chi connectivity index (χ4n) is 2.52. The maximum absolute atomic E-state index is 13.2. The largest absolute Gasteiger partial charge is 0.326 e. The maximum atomic E-state index is 13.2. The van der Waals surface area contributed by atoms with Crippen LogP contribution in [0.4, 0.5) is 10.1 Å². The number of carbonyl (C=O) groups excluding carboxylic acids is 2. The predicted octanol–water partition coefficient (Wildman–Crippen LogP) is 4.61. The van der Waals surface area contributed by atoms with Crippen molar-refractivity contribution in [3.05, 3.63) is 83.0 Å². The molecule has 0 bridgehead atoms. The Kier molecular flexibility index (Phi) is 6.73. The molecule has 3 rings (SSSR count). The van der Waals surface area contributed by atoms with Crippen molar-refractivity contribution in [2.45, 2.75) is 6.42 Å². The minimum absolute atomic E-state index is 0.0656. The highest BCUT2D eigenvalue weighted by Gasteiger charge is 2.31. The van der Waals surface area contributed by atoms with Gasteiger partial charge in [0.25, 0.3) is 5.91 Å². The van der Waals surface area contributed by atoms with Gasteiger partial charge >= 0.3 is 0 Å². The van der Waals surface area contributed by atoms with E-state index in [0.717, 1.165) is 5.56 Å². The Bertz CT molecular complexity index is 958. The quantitative estimate of drug-likeness (QED) is 0.556. The van der Waals surface area contributed by atoms with Crippen molar-refractivity contribution in [1.82, 2.24) is 4.90 Å². The van der Waals surface area contributed by atoms with E-state index in [0.29, 0.717) is 14.9 Å². The zero-order valence-electron chi connectivity index (χ0n) is 14.8. The van der Waals surface area contributed by atoms with Crippen molar-refractivity contribution in [2.24, 2.45) is 0 Å². The second-order valence-electron chi connectivity index (χ2n) is 5.93. The van der Waals surface area contributed by atoms with Crippen LogP contribution in [-0.2, 0) is 9.59 Å². The van der Waals surface area contributed by atoms with Gasteiger partial charge in [-0.15, -0.1) is 0 Å². The van der Waals surface area contributed by atoms with E-state index in [-0.39, 0.29) is 24.8 Å². The lowest BCUT2D eigenvalue weighted by molar-refractivity contribution is -0.122. The van der Waals surface area contributed by atoms with Crippen molar-refractivity contribution in [3.63, 3.8) is 0 Å². The van der Waals surface area contributed by atoms with E-state index >= 15 is 0 Å². The van der Waals surface area contributed by atoms with Crippen LogP contribution in [0.3, 0.4) is 0 Å². The molecular formula is C21H17FN2O2S2. The summed E-state index contributed by atoms with van der Waals surface area (Å²) in [6, 6.07) is 15.4. The van der Waals surface area contributed by atoms with Crippen LogP contribution in [0, 0.1) is 5.82 Å². The third-order valence-electron chi connectivity index (χ3n) is 3.88. The Morgan fingerprint density at radius 1 is 1.18 bits per heavy atom. The molecular weight excluding hydrogens is 395 g/mol. The number of thioether (sulfide) groups is 1. The second kappa shape index (κ2) is 9.43. The number of rotatable bonds is 6. The van der Waals surface area contributed by atoms with Gasteiger partial charge in [0.1, 0.15) is 10.1 Å². The molecule has 2 aromatic carbocycles. The third kappa shape index (κ3) is 5.37. The molecule has 2 aromatic rings. The molecule has 142 valence electrons. The van der Waals surface area contributed by atoms with Gasteiger partial charge in [0.05, 0.1) is 4.91 Å². The Hall–Kier alpha value is -2.77. The summed E-state index contributed by atoms with van der Waals surface area (Å²) in [5.41, 5.74) is 1.41. The number of amides is 2. The molecule has 1 N–H and O–H groups in total. The highest BCUT2D eigenvalue weighted by molar-refractivity contribution is 8.26. The van der Waals surface area contributed by atoms with Gasteiger partial charge < -0.3 is 5.32 Å². The van der Waals surface area contributed by atoms with Gasteiger partial charge in [0.2, 0.25) is 5.91 Å². The van der Waals surface area contributed by atoms with Crippen LogP contribution in [0.1, 0.15) is 12.0 Å². The molecule has 2 amide bonds. The summed E-state index contributed by atoms with van der Waals surface area (Å²) in [5.74, 6) is -0.956. The van der Waals surface area contributed by atoms with Gasteiger partial charge in [-0.3, -0.25) is 14.5 Å². The number of carbonyl (C=O) groups is 2. The Morgan fingerprint density at radius 2 is 1.96 bits per heavy atom. The number of hydrogen-bond donors (Lipinski definition) is 1. The van der Waals surface area contributed by atoms with Gasteiger partial charge in [-0.2, -0.15) is 0 Å². The van der Waals surface area contributed by atoms with Gasteiger partial charge in [0, 0.05) is 18.7 Å². The predicted molar refractivity (Wildman–Crippen MR) is 115 cm³/mol. The molecule has 0 aromatic heterocycles. The number of hydrogen-bond acceptors (Lipinski definition) is 4. The number of halogens is 1. The molecule has 0 radical (unpaired) electrons. The van der Waals surface area contributed by atoms with Crippen LogP contribution in [0.15, 0.2) is 71.7 Å². The Labute approximate surface area is 172 Å². The van der Waals surface area contributed by atoms with Crippen LogP contribution >= 0.6 is 24.0 Å². The number of nitrogens with one attached hydrogen (secondary N) is 1. The van der Waals surface area contributed by atoms with Gasteiger partial charge in [-0.05, 0) is 29.8 Å². The lowest BCUT2D eigenvalue weighted by Gasteiger charge is -2.14. The van der Waals surface area contributed by atoms with E-state index < -0.39 is 5.82 Å². The summed E-state index contributed by atoms with van der Waals surface area (Å²) in [6.07, 6.45) is 5.49. The first-order valence-electron chi connectivity index (χ1n) is 8.55. The minimum atomic E-state index is -0.427. The van der Waals surface area contributed by atoms with Gasteiger partial charge in [0.15, 0.2) is 0 Å². The molecule has 1 fully saturated rings. The van der Waals surface area contributed by atoms with E-state index in [1.807, 2.05) is 36.4 Å². The lowest BCUT2D eigenvalue weighted by atomic mass is 10.2. The molecule has 4 nitrogen and oxygen atoms in total. The Balaban J connectivity index is 1.55. The summed E-state index contributed by atoms with van der Waals surface area (Å²) in [7, 11) is 0. The monoisotopic (exact) mass is 412 g/mol. The van der Waals surface area contributed by atoms with E-state index in [2.05, 4.69) is 5.32 Å². The first-order valence-corrected chi connectivity index (χ1v) is 9.78. The lowest BCUT2D eigenvalue weighted by Crippen LogP contribution is -2.31. The summed E-state index contributed by atoms with van der Waals surface area (Å²) >= 11 is 6.47. The third-order valence-corrected chi connectivity index (χ3v) is 5.28. The molecule has 1 aliphatic heterocycles. The van der Waals surface area contributed by atoms with Crippen molar-refractivity contribution in [2.75, 3.05) is 11.9 Å². The Morgan fingerprint density at radius 3 is 2.71 bits per heavy atom. The van der Waals surface area contributed by atoms with Crippen molar-refractivity contribution < 1.29 is 14.0 Å². The average molecular weight is 413 g/mol. The molecule has 28 heavy (non-hydrogen) atoms. The van der Waals surface area contributed by atoms with Crippen LogP contribution in [0.25, 0.3) is 6.08 Å². The van der Waals surface area contributed by atoms with E-state index in [4.69, 9.17) is 12.2 Å². The molecule has 0 unspecified atom stereocenters. The second-order valence-corrected chi connectivity index (χ2v) is 7.61. The zero-order chi connectivity index (χ0) is 19.9. The average Bonchev–Trinajstić information content (AvgIpc) is 2.94. The smallest absolute Gasteiger partial charge is 0.266 e. The van der Waals surface area contributed by atoms with Crippen LogP contribution in [-0.4, -0.2) is 27.6 Å². The zero-order valence-corrected chi connectivity index (χ0v) is 16.4. The van der Waals surface area contributed by atoms with Crippen LogP contribution in [0.5, 0.6) is 0 Å². The molecule has 1 heterocycles. The van der Waals surface area contributed by atoms with Gasteiger partial charge in [-0.1, -0.05) is 72.5 Å². The summed E-state index contributed by atoms with van der Waals surface area (Å²) in [6.45, 7) is 0.172. The summed E-state index contributed by atoms with van der Waals surface area (Å²) < 4.78 is 13.6. The van der Waals surface area contributed by atoms with Crippen LogP contribution in [0.2, 0.25) is 0 Å². The fourth-order valence-corrected chi connectivity index (χ4v) is 3.78. The number of nitrogens with zero attached hydrogens (tertiary/aromatic N) is 1. The standard InChI is InChI=1S/C21H17FN2O2S2/c22-16-9-5-10-17(14-16)23-19(25)12-13-24-20(26)18(28-21(24)27)11-4-8-15-6-2-1-3-7-15/h1-11,14H,12-13H2,(H,23,25). The van der Waals surface area contributed by atoms with E-state index in [1.54, 1.807) is 18.2 Å². The normalized spacial score (nSPS) is 15.6.